The van der Waals surface area contributed by atoms with Crippen LogP contribution in [0.1, 0.15) is 47.5 Å². The third-order valence-corrected chi connectivity index (χ3v) is 9.82. The van der Waals surface area contributed by atoms with Crippen LogP contribution in [0, 0.1) is 0 Å². The highest BCUT2D eigenvalue weighted by Gasteiger charge is 2.39. The average molecular weight is 528 g/mol. The summed E-state index contributed by atoms with van der Waals surface area (Å²) in [4.78, 5) is 13.2. The van der Waals surface area contributed by atoms with Crippen molar-refractivity contribution in [3.8, 4) is 16.4 Å². The number of benzene rings is 2. The summed E-state index contributed by atoms with van der Waals surface area (Å²) in [6.07, 6.45) is 2.64. The van der Waals surface area contributed by atoms with Crippen molar-refractivity contribution in [1.82, 2.24) is 25.3 Å². The highest BCUT2D eigenvalue weighted by molar-refractivity contribution is 7.91. The predicted octanol–water partition coefficient (Wildman–Crippen LogP) is 4.38. The summed E-state index contributed by atoms with van der Waals surface area (Å²) < 4.78 is 25.7. The highest BCUT2D eigenvalue weighted by atomic mass is 35.5. The average Bonchev–Trinajstić information content (AvgIpc) is 3.32. The number of carbonyl (C=O) groups is 1. The second-order valence-electron chi connectivity index (χ2n) is 9.53. The van der Waals surface area contributed by atoms with Gasteiger partial charge >= 0.3 is 0 Å². The molecule has 2 aromatic heterocycles. The van der Waals surface area contributed by atoms with Gasteiger partial charge in [0, 0.05) is 22.4 Å². The first-order valence-electron chi connectivity index (χ1n) is 11.4. The Morgan fingerprint density at radius 3 is 2.71 bits per heavy atom. The van der Waals surface area contributed by atoms with E-state index >= 15 is 0 Å². The van der Waals surface area contributed by atoms with Crippen LogP contribution in [0.4, 0.5) is 0 Å². The van der Waals surface area contributed by atoms with E-state index in [1.54, 1.807) is 23.7 Å². The number of hydrogen-bond acceptors (Lipinski definition) is 7. The molecule has 1 N–H and O–H groups in total. The van der Waals surface area contributed by atoms with E-state index < -0.39 is 15.4 Å². The molecule has 1 aliphatic heterocycles. The molecule has 1 amide bonds. The number of nitrogens with zero attached hydrogens (tertiary/aromatic N) is 4. The Morgan fingerprint density at radius 1 is 1.20 bits per heavy atom. The molecule has 0 spiro atoms. The Balaban J connectivity index is 1.44. The van der Waals surface area contributed by atoms with Crippen molar-refractivity contribution < 1.29 is 13.2 Å². The van der Waals surface area contributed by atoms with Gasteiger partial charge in [0.05, 0.1) is 27.6 Å². The number of fused-ring (bicyclic) bond motifs is 1. The lowest BCUT2D eigenvalue weighted by atomic mass is 10.0. The second kappa shape index (κ2) is 8.11. The monoisotopic (exact) mass is 527 g/mol. The Kier molecular flexibility index (Phi) is 5.24. The maximum atomic E-state index is 13.2. The summed E-state index contributed by atoms with van der Waals surface area (Å²) in [6.45, 7) is 1.77. The molecule has 180 valence electrons. The number of sulfone groups is 1. The largest absolute Gasteiger partial charge is 0.346 e. The van der Waals surface area contributed by atoms with Gasteiger partial charge < -0.3 is 5.32 Å². The molecular formula is C24H22ClN5O3S2. The Bertz CT molecular complexity index is 1590. The Morgan fingerprint density at radius 2 is 2.00 bits per heavy atom. The van der Waals surface area contributed by atoms with Crippen molar-refractivity contribution in [3.05, 3.63) is 58.1 Å². The minimum absolute atomic E-state index is 0.0582. The minimum Gasteiger partial charge on any atom is -0.346 e. The molecule has 3 heterocycles. The van der Waals surface area contributed by atoms with Crippen LogP contribution >= 0.6 is 22.9 Å². The minimum atomic E-state index is -3.15. The molecule has 1 atom stereocenters. The van der Waals surface area contributed by atoms with Gasteiger partial charge in [0.2, 0.25) is 5.13 Å². The molecule has 11 heteroatoms. The molecule has 2 aliphatic rings. The third-order valence-electron chi connectivity index (χ3n) is 6.53. The zero-order chi connectivity index (χ0) is 24.4. The van der Waals surface area contributed by atoms with Crippen molar-refractivity contribution in [3.63, 3.8) is 0 Å². The molecule has 2 aromatic carbocycles. The summed E-state index contributed by atoms with van der Waals surface area (Å²) in [5, 5.41) is 19.5. The number of amides is 1. The van der Waals surface area contributed by atoms with Crippen LogP contribution in [-0.2, 0) is 9.84 Å². The molecule has 1 unspecified atom stereocenters. The fourth-order valence-corrected chi connectivity index (χ4v) is 7.81. The number of hydrogen-bond donors (Lipinski definition) is 1. The van der Waals surface area contributed by atoms with Crippen LogP contribution in [0.3, 0.4) is 0 Å². The van der Waals surface area contributed by atoms with Gasteiger partial charge in [-0.1, -0.05) is 41.1 Å². The van der Waals surface area contributed by atoms with E-state index in [1.807, 2.05) is 30.3 Å². The summed E-state index contributed by atoms with van der Waals surface area (Å²) in [6, 6.07) is 12.8. The summed E-state index contributed by atoms with van der Waals surface area (Å²) in [5.74, 6) is 0.166. The molecule has 1 aliphatic carbocycles. The van der Waals surface area contributed by atoms with Crippen LogP contribution in [-0.4, -0.2) is 51.3 Å². The van der Waals surface area contributed by atoms with Crippen molar-refractivity contribution >= 4 is 49.6 Å². The van der Waals surface area contributed by atoms with Crippen molar-refractivity contribution in [1.29, 1.82) is 0 Å². The molecule has 1 saturated carbocycles. The van der Waals surface area contributed by atoms with Gasteiger partial charge in [0.15, 0.2) is 9.84 Å². The van der Waals surface area contributed by atoms with E-state index in [0.29, 0.717) is 39.3 Å². The zero-order valence-corrected chi connectivity index (χ0v) is 21.3. The standard InChI is InChI=1S/C24H22ClN5O3S2/c1-24(10-11-35(32,33)13-24)26-21(31)15-8-9-17-19(12-15)30(23-28-27-22(34-23)14-6-7-14)29-20(17)16-4-2-3-5-18(16)25/h2-5,8-9,12,14H,6-7,10-11,13H2,1H3,(H,26,31). The van der Waals surface area contributed by atoms with E-state index in [1.165, 1.54) is 11.3 Å². The fourth-order valence-electron chi connectivity index (χ4n) is 4.52. The molecule has 6 rings (SSSR count). The third kappa shape index (κ3) is 4.23. The summed E-state index contributed by atoms with van der Waals surface area (Å²) >= 11 is 8.00. The number of carbonyl (C=O) groups excluding carboxylic acids is 1. The van der Waals surface area contributed by atoms with Crippen LogP contribution in [0.15, 0.2) is 42.5 Å². The molecule has 0 radical (unpaired) electrons. The van der Waals surface area contributed by atoms with Gasteiger partial charge in [-0.25, -0.2) is 13.1 Å². The predicted molar refractivity (Wildman–Crippen MR) is 136 cm³/mol. The van der Waals surface area contributed by atoms with Crippen molar-refractivity contribution in [2.24, 2.45) is 0 Å². The molecular weight excluding hydrogens is 506 g/mol. The maximum absolute atomic E-state index is 13.2. The maximum Gasteiger partial charge on any atom is 0.251 e. The molecule has 1 saturated heterocycles. The molecule has 2 fully saturated rings. The van der Waals surface area contributed by atoms with Crippen LogP contribution in [0.5, 0.6) is 0 Å². The summed E-state index contributed by atoms with van der Waals surface area (Å²) in [5.41, 5.74) is 1.81. The normalized spacial score (nSPS) is 21.4. The molecule has 35 heavy (non-hydrogen) atoms. The SMILES string of the molecule is CC1(NC(=O)c2ccc3c(-c4ccccc4Cl)nn(-c4nnc(C5CC5)s4)c3c2)CCS(=O)(=O)C1. The van der Waals surface area contributed by atoms with Crippen LogP contribution in [0.2, 0.25) is 5.02 Å². The smallest absolute Gasteiger partial charge is 0.251 e. The van der Waals surface area contributed by atoms with Gasteiger partial charge in [-0.2, -0.15) is 5.10 Å². The van der Waals surface area contributed by atoms with Gasteiger partial charge in [0.1, 0.15) is 10.7 Å². The first-order chi connectivity index (χ1) is 16.7. The number of aromatic nitrogens is 4. The quantitative estimate of drug-likeness (QED) is 0.412. The molecule has 0 bridgehead atoms. The topological polar surface area (TPSA) is 107 Å². The van der Waals surface area contributed by atoms with E-state index in [2.05, 4.69) is 15.5 Å². The van der Waals surface area contributed by atoms with Crippen molar-refractivity contribution in [2.75, 3.05) is 11.5 Å². The molecule has 8 nitrogen and oxygen atoms in total. The van der Waals surface area contributed by atoms with Gasteiger partial charge in [0.25, 0.3) is 5.91 Å². The fraction of sp³-hybridized carbons (Fsp3) is 0.333. The first kappa shape index (κ1) is 22.6. The summed E-state index contributed by atoms with van der Waals surface area (Å²) in [7, 11) is -3.15. The zero-order valence-electron chi connectivity index (χ0n) is 18.9. The molecule has 4 aromatic rings. The number of halogens is 1. The van der Waals surface area contributed by atoms with E-state index in [4.69, 9.17) is 16.7 Å². The van der Waals surface area contributed by atoms with E-state index in [0.717, 1.165) is 28.8 Å². The van der Waals surface area contributed by atoms with Crippen molar-refractivity contribution in [2.45, 2.75) is 37.6 Å². The number of rotatable bonds is 5. The lowest BCUT2D eigenvalue weighted by Crippen LogP contribution is -2.46. The second-order valence-corrected chi connectivity index (χ2v) is 13.1. The Hall–Kier alpha value is -2.82. The van der Waals surface area contributed by atoms with Gasteiger partial charge in [-0.3, -0.25) is 4.79 Å². The Labute approximate surface area is 211 Å². The lowest BCUT2D eigenvalue weighted by Gasteiger charge is -2.23. The van der Waals surface area contributed by atoms with Crippen LogP contribution in [0.25, 0.3) is 27.3 Å². The first-order valence-corrected chi connectivity index (χ1v) is 14.4. The van der Waals surface area contributed by atoms with E-state index in [-0.39, 0.29) is 17.4 Å². The number of nitrogens with one attached hydrogen (secondary N) is 1. The van der Waals surface area contributed by atoms with Gasteiger partial charge in [-0.15, -0.1) is 10.2 Å². The van der Waals surface area contributed by atoms with E-state index in [9.17, 15) is 13.2 Å². The lowest BCUT2D eigenvalue weighted by molar-refractivity contribution is 0.0915. The van der Waals surface area contributed by atoms with Gasteiger partial charge in [-0.05, 0) is 50.5 Å². The highest BCUT2D eigenvalue weighted by Crippen LogP contribution is 2.42. The van der Waals surface area contributed by atoms with Crippen LogP contribution < -0.4 is 5.32 Å².